The molecule has 0 spiro atoms. The Morgan fingerprint density at radius 2 is 2.12 bits per heavy atom. The Morgan fingerprint density at radius 1 is 1.36 bits per heavy atom. The molecule has 1 aliphatic rings. The molecular weight excluding hydrogens is 320 g/mol. The van der Waals surface area contributed by atoms with E-state index >= 15 is 0 Å². The summed E-state index contributed by atoms with van der Waals surface area (Å²) < 4.78 is 7.06. The van der Waals surface area contributed by atoms with Gasteiger partial charge in [-0.05, 0) is 13.3 Å². The number of aromatic nitrogens is 3. The summed E-state index contributed by atoms with van der Waals surface area (Å²) in [5.41, 5.74) is 0. The smallest absolute Gasteiger partial charge is 0.242 e. The molecule has 1 amide bonds. The fourth-order valence-corrected chi connectivity index (χ4v) is 3.23. The van der Waals surface area contributed by atoms with E-state index in [2.05, 4.69) is 29.8 Å². The average molecular weight is 346 g/mol. The molecule has 0 unspecified atom stereocenters. The summed E-state index contributed by atoms with van der Waals surface area (Å²) in [6, 6.07) is 1.59. The molecule has 0 aromatic carbocycles. The number of piperazine rings is 1. The lowest BCUT2D eigenvalue weighted by Gasteiger charge is -2.38. The van der Waals surface area contributed by atoms with E-state index in [1.54, 1.807) is 13.0 Å². The largest absolute Gasteiger partial charge is 0.360 e. The molecule has 3 rings (SSSR count). The second kappa shape index (κ2) is 7.79. The SMILES string of the molecule is CC[C@@H](C(=O)Nc1cc(C)on1)N1CCN(Cc2nccn2C)CC1. The van der Waals surface area contributed by atoms with Crippen molar-refractivity contribution in [3.05, 3.63) is 30.0 Å². The van der Waals surface area contributed by atoms with Crippen LogP contribution in [0.5, 0.6) is 0 Å². The summed E-state index contributed by atoms with van der Waals surface area (Å²) in [5, 5.41) is 6.69. The number of nitrogens with zero attached hydrogens (tertiary/aromatic N) is 5. The number of aryl methyl sites for hydroxylation is 2. The van der Waals surface area contributed by atoms with Crippen molar-refractivity contribution in [3.8, 4) is 0 Å². The summed E-state index contributed by atoms with van der Waals surface area (Å²) in [6.07, 6.45) is 4.56. The van der Waals surface area contributed by atoms with Crippen LogP contribution in [-0.4, -0.2) is 62.6 Å². The van der Waals surface area contributed by atoms with Crippen LogP contribution in [0.3, 0.4) is 0 Å². The van der Waals surface area contributed by atoms with Crippen molar-refractivity contribution in [2.45, 2.75) is 32.9 Å². The van der Waals surface area contributed by atoms with Gasteiger partial charge in [-0.1, -0.05) is 12.1 Å². The van der Waals surface area contributed by atoms with Crippen LogP contribution < -0.4 is 5.32 Å². The van der Waals surface area contributed by atoms with E-state index in [1.807, 2.05) is 26.4 Å². The molecule has 25 heavy (non-hydrogen) atoms. The van der Waals surface area contributed by atoms with Crippen molar-refractivity contribution in [3.63, 3.8) is 0 Å². The van der Waals surface area contributed by atoms with Crippen molar-refractivity contribution < 1.29 is 9.32 Å². The zero-order valence-corrected chi connectivity index (χ0v) is 15.1. The quantitative estimate of drug-likeness (QED) is 0.848. The number of hydrogen-bond acceptors (Lipinski definition) is 6. The second-order valence-electron chi connectivity index (χ2n) is 6.50. The van der Waals surface area contributed by atoms with Crippen molar-refractivity contribution in [1.29, 1.82) is 0 Å². The van der Waals surface area contributed by atoms with E-state index in [1.165, 1.54) is 0 Å². The minimum Gasteiger partial charge on any atom is -0.360 e. The zero-order valence-electron chi connectivity index (χ0n) is 15.1. The van der Waals surface area contributed by atoms with Crippen molar-refractivity contribution in [2.75, 3.05) is 31.5 Å². The van der Waals surface area contributed by atoms with Crippen LogP contribution in [-0.2, 0) is 18.4 Å². The molecule has 0 radical (unpaired) electrons. The number of hydrogen-bond donors (Lipinski definition) is 1. The maximum atomic E-state index is 12.6. The monoisotopic (exact) mass is 346 g/mol. The fraction of sp³-hybridized carbons (Fsp3) is 0.588. The van der Waals surface area contributed by atoms with E-state index in [4.69, 9.17) is 4.52 Å². The van der Waals surface area contributed by atoms with Crippen molar-refractivity contribution in [1.82, 2.24) is 24.5 Å². The van der Waals surface area contributed by atoms with Gasteiger partial charge in [0.05, 0.1) is 12.6 Å². The molecule has 136 valence electrons. The normalized spacial score (nSPS) is 17.6. The molecule has 2 aromatic heterocycles. The minimum atomic E-state index is -0.146. The molecule has 1 fully saturated rings. The number of amides is 1. The highest BCUT2D eigenvalue weighted by Crippen LogP contribution is 2.14. The maximum Gasteiger partial charge on any atom is 0.242 e. The predicted molar refractivity (Wildman–Crippen MR) is 94.0 cm³/mol. The standard InChI is InChI=1S/C17H26N6O2/c1-4-14(17(24)19-15-11-13(2)25-20-15)23-9-7-22(8-10-23)12-16-18-5-6-21(16)3/h5-6,11,14H,4,7-10,12H2,1-3H3,(H,19,20,24)/t14-/m0/s1. The molecule has 8 heteroatoms. The van der Waals surface area contributed by atoms with Crippen LogP contribution in [0.25, 0.3) is 0 Å². The lowest BCUT2D eigenvalue weighted by atomic mass is 10.1. The Morgan fingerprint density at radius 3 is 2.68 bits per heavy atom. The summed E-state index contributed by atoms with van der Waals surface area (Å²) >= 11 is 0. The third kappa shape index (κ3) is 4.26. The van der Waals surface area contributed by atoms with Gasteiger partial charge in [-0.2, -0.15) is 0 Å². The van der Waals surface area contributed by atoms with Crippen molar-refractivity contribution >= 4 is 11.7 Å². The summed E-state index contributed by atoms with van der Waals surface area (Å²) in [6.45, 7) is 8.29. The van der Waals surface area contributed by atoms with E-state index in [9.17, 15) is 4.79 Å². The molecule has 8 nitrogen and oxygen atoms in total. The van der Waals surface area contributed by atoms with E-state index < -0.39 is 0 Å². The molecule has 3 heterocycles. The predicted octanol–water partition coefficient (Wildman–Crippen LogP) is 1.25. The van der Waals surface area contributed by atoms with Gasteiger partial charge in [-0.15, -0.1) is 0 Å². The van der Waals surface area contributed by atoms with Gasteiger partial charge in [0.25, 0.3) is 0 Å². The van der Waals surface area contributed by atoms with Crippen LogP contribution in [0.1, 0.15) is 24.9 Å². The molecule has 0 bridgehead atoms. The lowest BCUT2D eigenvalue weighted by Crippen LogP contribution is -2.53. The number of rotatable bonds is 6. The first-order valence-corrected chi connectivity index (χ1v) is 8.73. The van der Waals surface area contributed by atoms with E-state index in [-0.39, 0.29) is 11.9 Å². The Balaban J connectivity index is 1.53. The first-order valence-electron chi connectivity index (χ1n) is 8.73. The first-order chi connectivity index (χ1) is 12.1. The number of carbonyl (C=O) groups is 1. The number of nitrogens with one attached hydrogen (secondary N) is 1. The molecule has 1 N–H and O–H groups in total. The van der Waals surface area contributed by atoms with Crippen LogP contribution in [0.2, 0.25) is 0 Å². The summed E-state index contributed by atoms with van der Waals surface area (Å²) in [4.78, 5) is 21.6. The van der Waals surface area contributed by atoms with Gasteiger partial charge in [0.1, 0.15) is 11.6 Å². The number of carbonyl (C=O) groups excluding carboxylic acids is 1. The number of anilines is 1. The highest BCUT2D eigenvalue weighted by Gasteiger charge is 2.28. The van der Waals surface area contributed by atoms with Gasteiger partial charge in [0.15, 0.2) is 5.82 Å². The first kappa shape index (κ1) is 17.6. The summed E-state index contributed by atoms with van der Waals surface area (Å²) in [5.74, 6) is 2.22. The van der Waals surface area contributed by atoms with Gasteiger partial charge >= 0.3 is 0 Å². The van der Waals surface area contributed by atoms with Gasteiger partial charge in [-0.25, -0.2) is 4.98 Å². The molecule has 2 aromatic rings. The van der Waals surface area contributed by atoms with Crippen LogP contribution in [0, 0.1) is 6.92 Å². The molecular formula is C17H26N6O2. The van der Waals surface area contributed by atoms with Gasteiger partial charge in [0.2, 0.25) is 5.91 Å². The molecule has 1 atom stereocenters. The molecule has 1 saturated heterocycles. The highest BCUT2D eigenvalue weighted by molar-refractivity contribution is 5.94. The third-order valence-electron chi connectivity index (χ3n) is 4.70. The zero-order chi connectivity index (χ0) is 17.8. The lowest BCUT2D eigenvalue weighted by molar-refractivity contribution is -0.122. The van der Waals surface area contributed by atoms with E-state index in [0.717, 1.165) is 45.0 Å². The van der Waals surface area contributed by atoms with Gasteiger partial charge < -0.3 is 14.4 Å². The Kier molecular flexibility index (Phi) is 5.50. The minimum absolute atomic E-state index is 0.0200. The van der Waals surface area contributed by atoms with Gasteiger partial charge in [0, 0.05) is 51.7 Å². The van der Waals surface area contributed by atoms with Crippen LogP contribution in [0.15, 0.2) is 23.0 Å². The average Bonchev–Trinajstić information content (AvgIpc) is 3.18. The maximum absolute atomic E-state index is 12.6. The van der Waals surface area contributed by atoms with Crippen LogP contribution >= 0.6 is 0 Å². The topological polar surface area (TPSA) is 79.4 Å². The molecule has 0 aliphatic carbocycles. The Labute approximate surface area is 147 Å². The van der Waals surface area contributed by atoms with Crippen LogP contribution in [0.4, 0.5) is 5.82 Å². The van der Waals surface area contributed by atoms with Gasteiger partial charge in [-0.3, -0.25) is 14.6 Å². The number of imidazole rings is 1. The highest BCUT2D eigenvalue weighted by atomic mass is 16.5. The Bertz CT molecular complexity index is 702. The summed E-state index contributed by atoms with van der Waals surface area (Å²) in [7, 11) is 2.02. The fourth-order valence-electron chi connectivity index (χ4n) is 3.23. The molecule has 1 aliphatic heterocycles. The van der Waals surface area contributed by atoms with Crippen molar-refractivity contribution in [2.24, 2.45) is 7.05 Å². The second-order valence-corrected chi connectivity index (χ2v) is 6.50. The Hall–Kier alpha value is -2.19. The molecule has 0 saturated carbocycles. The third-order valence-corrected chi connectivity index (χ3v) is 4.70. The van der Waals surface area contributed by atoms with E-state index in [0.29, 0.717) is 11.6 Å².